The predicted molar refractivity (Wildman–Crippen MR) is 162 cm³/mol. The number of ether oxygens (including phenoxy) is 7. The van der Waals surface area contributed by atoms with Gasteiger partial charge in [-0.2, -0.15) is 206 Å². The van der Waals surface area contributed by atoms with Gasteiger partial charge in [0.1, 0.15) is 0 Å². The molecule has 1 rings (SSSR count). The fourth-order valence-corrected chi connectivity index (χ4v) is 4.91. The van der Waals surface area contributed by atoms with Gasteiger partial charge < -0.3 is 15.8 Å². The number of hydrogen-bond acceptors (Lipinski definition) is 10. The number of halogens is 47. The molecule has 58 heteroatoms. The summed E-state index contributed by atoms with van der Waals surface area (Å²) in [4.78, 5) is 0. The lowest BCUT2D eigenvalue weighted by atomic mass is 9.75. The molecule has 0 radical (unpaired) electrons. The highest BCUT2D eigenvalue weighted by molar-refractivity contribution is 6.59. The predicted octanol–water partition coefficient (Wildman–Crippen LogP) is 13.5. The van der Waals surface area contributed by atoms with Crippen molar-refractivity contribution in [3.8, 4) is 0 Å². The van der Waals surface area contributed by atoms with Crippen LogP contribution in [0, 0.1) is 0 Å². The van der Waals surface area contributed by atoms with Gasteiger partial charge in [-0.1, -0.05) is 6.07 Å². The summed E-state index contributed by atoms with van der Waals surface area (Å²) in [6.07, 6.45) is -140. The Morgan fingerprint density at radius 1 is 0.264 bits per heavy atom. The molecule has 0 fully saturated rings. The number of rotatable bonds is 23. The van der Waals surface area contributed by atoms with Crippen molar-refractivity contribution in [1.82, 2.24) is 0 Å². The molecule has 1 aromatic carbocycles. The van der Waals surface area contributed by atoms with Gasteiger partial charge in [0.25, 0.3) is 0 Å². The summed E-state index contributed by atoms with van der Waals surface area (Å²) in [5.74, 6) is -75.1. The van der Waals surface area contributed by atoms with Gasteiger partial charge in [-0.15, -0.1) is 0 Å². The monoisotopic (exact) mass is 1420 g/mol. The molecule has 0 aliphatic carbocycles. The third kappa shape index (κ3) is 13.5. The fraction of sp³-hybridized carbons (Fsp3) is 0.793. The van der Waals surface area contributed by atoms with Gasteiger partial charge in [-0.3, -0.25) is 33.2 Å². The average molecular weight is 1420 g/mol. The molecule has 4 N–H and O–H groups in total. The smallest absolute Gasteiger partial charge is 0.423 e. The topological polar surface area (TPSA) is 131 Å². The van der Waals surface area contributed by atoms with Crippen LogP contribution in [0.3, 0.4) is 0 Å². The largest absolute Gasteiger partial charge is 0.489 e. The quantitative estimate of drug-likeness (QED) is 0.0553. The minimum Gasteiger partial charge on any atom is -0.423 e. The van der Waals surface area contributed by atoms with Gasteiger partial charge in [-0.25, -0.2) is 0 Å². The molecule has 1 aromatic rings. The van der Waals surface area contributed by atoms with Crippen molar-refractivity contribution in [2.75, 3.05) is 5.73 Å². The van der Waals surface area contributed by atoms with Crippen LogP contribution < -0.4 is 11.2 Å². The van der Waals surface area contributed by atoms with E-state index in [0.717, 1.165) is 4.74 Å². The minimum absolute atomic E-state index is 0.326. The van der Waals surface area contributed by atoms with Crippen molar-refractivity contribution in [3.05, 3.63) is 23.8 Å². The van der Waals surface area contributed by atoms with E-state index in [9.17, 15) is 184 Å². The van der Waals surface area contributed by atoms with E-state index in [2.05, 4.69) is 0 Å². The summed E-state index contributed by atoms with van der Waals surface area (Å²) in [6.45, 7) is 0. The molecule has 0 heterocycles. The van der Waals surface area contributed by atoms with Gasteiger partial charge >= 0.3 is 146 Å². The Labute approximate surface area is 437 Å². The lowest BCUT2D eigenvalue weighted by Gasteiger charge is -2.45. The van der Waals surface area contributed by atoms with Gasteiger partial charge in [0, 0.05) is 11.3 Å². The summed E-state index contributed by atoms with van der Waals surface area (Å²) in [6, 6.07) is -1.74. The normalized spacial score (nSPS) is 20.3. The molecule has 10 nitrogen and oxygen atoms in total. The third-order valence-corrected chi connectivity index (χ3v) is 9.10. The standard InChI is InChI=1S/C29H7BF47NO9/c31-7(15(40,41)42,5-2-1-4(78)3-6(5)30(79)80)81-24(66,67)9(34,17(46,47)48)83-26(70,71)11(36,19(52,53)54)85-28(74,75)13(38,21(58,59)60)87-29(76,77)14(39,22(61,62)63)86-27(72,73)12(37,20(55,56)57)84-25(68,69)10(35,18(49,50)51)82-23(64,65)8(32,33)16(43,44)45/h1-3,79-80H,78H2. The van der Waals surface area contributed by atoms with Crippen LogP contribution in [0.2, 0.25) is 0 Å². The Morgan fingerprint density at radius 3 is 0.632 bits per heavy atom. The molecular weight excluding hydrogens is 1410 g/mol. The van der Waals surface area contributed by atoms with Crippen LogP contribution >= 0.6 is 0 Å². The van der Waals surface area contributed by atoms with Crippen LogP contribution in [0.4, 0.5) is 212 Å². The van der Waals surface area contributed by atoms with E-state index in [0.29, 0.717) is 23.7 Å². The molecule has 0 bridgehead atoms. The molecule has 7 atom stereocenters. The highest BCUT2D eigenvalue weighted by Gasteiger charge is 2.93. The Morgan fingerprint density at radius 2 is 0.460 bits per heavy atom. The first-order chi connectivity index (χ1) is 37.0. The maximum Gasteiger partial charge on any atom is 0.489 e. The van der Waals surface area contributed by atoms with Crippen LogP contribution in [0.5, 0.6) is 0 Å². The van der Waals surface area contributed by atoms with Crippen LogP contribution in [-0.2, 0) is 39.0 Å². The Hall–Kier alpha value is -4.57. The molecule has 7 unspecified atom stereocenters. The van der Waals surface area contributed by atoms with Gasteiger partial charge in [0.2, 0.25) is 0 Å². The van der Waals surface area contributed by atoms with Crippen LogP contribution in [0.1, 0.15) is 5.56 Å². The molecule has 0 amide bonds. The van der Waals surface area contributed by atoms with E-state index in [1.807, 2.05) is 0 Å². The first-order valence-corrected chi connectivity index (χ1v) is 18.6. The van der Waals surface area contributed by atoms with Gasteiger partial charge in [0.05, 0.1) is 0 Å². The second-order valence-electron chi connectivity index (χ2n) is 15.3. The molecule has 514 valence electrons. The van der Waals surface area contributed by atoms with Crippen LogP contribution in [0.15, 0.2) is 18.2 Å². The zero-order chi connectivity index (χ0) is 70.9. The Bertz CT molecular complexity index is 2570. The Balaban J connectivity index is 4.43. The van der Waals surface area contributed by atoms with E-state index in [1.54, 1.807) is 4.74 Å². The molecule has 87 heavy (non-hydrogen) atoms. The number of benzene rings is 1. The van der Waals surface area contributed by atoms with E-state index in [-0.39, 0.29) is 6.07 Å². The summed E-state index contributed by atoms with van der Waals surface area (Å²) >= 11 is 0. The third-order valence-electron chi connectivity index (χ3n) is 9.10. The summed E-state index contributed by atoms with van der Waals surface area (Å²) in [7, 11) is -3.89. The van der Waals surface area contributed by atoms with Gasteiger partial charge in [0.15, 0.2) is 0 Å². The second kappa shape index (κ2) is 21.8. The van der Waals surface area contributed by atoms with Crippen molar-refractivity contribution in [3.63, 3.8) is 0 Å². The van der Waals surface area contributed by atoms with Crippen LogP contribution in [-0.4, -0.2) is 150 Å². The lowest BCUT2D eigenvalue weighted by molar-refractivity contribution is -0.608. The summed E-state index contributed by atoms with van der Waals surface area (Å²) in [5.41, 5.74) is -2.14. The van der Waals surface area contributed by atoms with Crippen molar-refractivity contribution >= 4 is 18.3 Å². The number of alkyl halides is 47. The van der Waals surface area contributed by atoms with Crippen molar-refractivity contribution < 1.29 is 250 Å². The number of hydrogen-bond donors (Lipinski definition) is 3. The zero-order valence-corrected chi connectivity index (χ0v) is 37.4. The Kier molecular flexibility index (Phi) is 20.2. The van der Waals surface area contributed by atoms with E-state index < -0.39 is 175 Å². The molecule has 0 aromatic heterocycles. The summed E-state index contributed by atoms with van der Waals surface area (Å²) < 4.78 is 662. The van der Waals surface area contributed by atoms with E-state index in [4.69, 9.17) is 15.8 Å². The molecule has 0 aliphatic rings. The van der Waals surface area contributed by atoms with E-state index in [1.165, 1.54) is 0 Å². The molecular formula is C29H7BF47NO9. The zero-order valence-electron chi connectivity index (χ0n) is 37.4. The maximum atomic E-state index is 15.4. The maximum absolute atomic E-state index is 15.4. The van der Waals surface area contributed by atoms with Crippen LogP contribution in [0.25, 0.3) is 0 Å². The average Bonchev–Trinajstić information content (AvgIpc) is 3.21. The van der Waals surface area contributed by atoms with E-state index >= 15 is 22.0 Å². The highest BCUT2D eigenvalue weighted by atomic mass is 19.5. The number of anilines is 1. The first kappa shape index (κ1) is 80.4. The van der Waals surface area contributed by atoms with Crippen molar-refractivity contribution in [2.24, 2.45) is 0 Å². The lowest BCUT2D eigenvalue weighted by Crippen LogP contribution is -2.73. The summed E-state index contributed by atoms with van der Waals surface area (Å²) in [5, 5.41) is 18.3. The number of nitrogens with two attached hydrogens (primary N) is 1. The van der Waals surface area contributed by atoms with Gasteiger partial charge in [-0.05, 0) is 17.6 Å². The SMILES string of the molecule is Nc1ccc(C(F)(OC(F)(F)C(F)(OC(F)(F)C(F)(OC(F)(F)C(F)(OC(F)(F)C(F)(OC(F)(F)C(F)(OC(F)(F)C(F)(OC(F)(F)C(F)(F)C(F)(F)F)C(F)(F)F)C(F)(F)F)C(F)(F)F)C(F)(F)F)C(F)(F)F)C(F)(F)F)C(F)(F)F)c(B(O)O)c1. The second-order valence-corrected chi connectivity index (χ2v) is 15.3. The molecule has 0 aliphatic heterocycles. The molecule has 0 spiro atoms. The minimum atomic E-state index is -10.1. The molecule has 0 saturated carbocycles. The number of nitrogen functional groups attached to an aromatic ring is 1. The van der Waals surface area contributed by atoms with Crippen molar-refractivity contribution in [1.29, 1.82) is 0 Å². The fourth-order valence-electron chi connectivity index (χ4n) is 4.91. The molecule has 0 saturated heterocycles. The first-order valence-electron chi connectivity index (χ1n) is 18.6. The van der Waals surface area contributed by atoms with Crippen molar-refractivity contribution in [2.45, 2.75) is 139 Å². The highest BCUT2D eigenvalue weighted by Crippen LogP contribution is 2.65.